The number of fused-ring (bicyclic) bond motifs is 1. The van der Waals surface area contributed by atoms with E-state index in [1.54, 1.807) is 23.0 Å². The number of aromatic nitrogens is 3. The zero-order chi connectivity index (χ0) is 21.9. The first-order valence-corrected chi connectivity index (χ1v) is 12.2. The molecule has 2 fully saturated rings. The molecule has 0 aliphatic carbocycles. The summed E-state index contributed by atoms with van der Waals surface area (Å²) in [6.07, 6.45) is 7.78. The van der Waals surface area contributed by atoms with Gasteiger partial charge in [-0.15, -0.1) is 11.3 Å². The minimum Gasteiger partial charge on any atom is -0.342 e. The van der Waals surface area contributed by atoms with Crippen molar-refractivity contribution in [3.63, 3.8) is 0 Å². The van der Waals surface area contributed by atoms with Crippen molar-refractivity contribution in [2.75, 3.05) is 32.7 Å². The van der Waals surface area contributed by atoms with E-state index in [0.29, 0.717) is 26.1 Å². The van der Waals surface area contributed by atoms with Crippen LogP contribution >= 0.6 is 11.3 Å². The van der Waals surface area contributed by atoms with E-state index >= 15 is 0 Å². The number of ketones is 1. The lowest BCUT2D eigenvalue weighted by Crippen LogP contribution is -2.44. The Balaban J connectivity index is 1.19. The molecule has 0 radical (unpaired) electrons. The topological polar surface area (TPSA) is 79.3 Å². The maximum atomic E-state index is 12.9. The minimum atomic E-state index is -0.000166. The van der Waals surface area contributed by atoms with Crippen molar-refractivity contribution in [2.45, 2.75) is 32.1 Å². The normalized spacial score (nSPS) is 17.8. The summed E-state index contributed by atoms with van der Waals surface area (Å²) >= 11 is 1.55. The maximum Gasteiger partial charge on any atom is 0.236 e. The summed E-state index contributed by atoms with van der Waals surface area (Å²) in [5, 5.41) is 0.958. The second kappa shape index (κ2) is 9.42. The van der Waals surface area contributed by atoms with E-state index in [1.165, 1.54) is 12.8 Å². The Morgan fingerprint density at radius 1 is 1.06 bits per heavy atom. The predicted octanol–water partition coefficient (Wildman–Crippen LogP) is 3.20. The number of hydrogen-bond donors (Lipinski definition) is 0. The number of piperidine rings is 1. The molecular formula is C24H27N5O2S. The van der Waals surface area contributed by atoms with Crippen LogP contribution in [0.25, 0.3) is 21.5 Å². The first-order chi connectivity index (χ1) is 15.7. The number of carbonyl (C=O) groups is 2. The van der Waals surface area contributed by atoms with Crippen molar-refractivity contribution < 1.29 is 9.59 Å². The molecule has 2 aliphatic rings. The van der Waals surface area contributed by atoms with E-state index in [1.807, 2.05) is 29.3 Å². The quantitative estimate of drug-likeness (QED) is 0.575. The van der Waals surface area contributed by atoms with Crippen molar-refractivity contribution in [1.82, 2.24) is 24.8 Å². The Hall–Kier alpha value is -2.71. The van der Waals surface area contributed by atoms with Crippen LogP contribution in [0.15, 0.2) is 36.1 Å². The van der Waals surface area contributed by atoms with Gasteiger partial charge in [-0.2, -0.15) is 0 Å². The SMILES string of the molecule is O=C(Cc1cc2nc(-c3cncs3)ccc2cn1)C1CCN(C(=O)CN2CCCC2)CC1. The van der Waals surface area contributed by atoms with Gasteiger partial charge in [-0.05, 0) is 57.0 Å². The van der Waals surface area contributed by atoms with E-state index in [-0.39, 0.29) is 17.6 Å². The van der Waals surface area contributed by atoms with Crippen LogP contribution in [0.4, 0.5) is 0 Å². The van der Waals surface area contributed by atoms with Crippen LogP contribution in [0.5, 0.6) is 0 Å². The first-order valence-electron chi connectivity index (χ1n) is 11.3. The number of likely N-dealkylation sites (tertiary alicyclic amines) is 2. The number of hydrogen-bond acceptors (Lipinski definition) is 7. The van der Waals surface area contributed by atoms with Gasteiger partial charge in [0, 0.05) is 48.9 Å². The molecule has 0 spiro atoms. The monoisotopic (exact) mass is 449 g/mol. The molecule has 8 heteroatoms. The second-order valence-corrected chi connectivity index (χ2v) is 9.60. The number of amides is 1. The fraction of sp³-hybridized carbons (Fsp3) is 0.458. The van der Waals surface area contributed by atoms with Crippen LogP contribution in [0, 0.1) is 5.92 Å². The van der Waals surface area contributed by atoms with E-state index < -0.39 is 0 Å². The Morgan fingerprint density at radius 2 is 1.88 bits per heavy atom. The van der Waals surface area contributed by atoms with Crippen molar-refractivity contribution in [3.8, 4) is 10.6 Å². The van der Waals surface area contributed by atoms with Gasteiger partial charge in [-0.3, -0.25) is 24.5 Å². The molecule has 0 bridgehead atoms. The van der Waals surface area contributed by atoms with Crippen LogP contribution in [-0.2, 0) is 16.0 Å². The number of nitrogens with zero attached hydrogens (tertiary/aromatic N) is 5. The van der Waals surface area contributed by atoms with Crippen LogP contribution in [-0.4, -0.2) is 69.2 Å². The molecule has 32 heavy (non-hydrogen) atoms. The average Bonchev–Trinajstić information content (AvgIpc) is 3.53. The highest BCUT2D eigenvalue weighted by molar-refractivity contribution is 7.13. The number of pyridine rings is 2. The summed E-state index contributed by atoms with van der Waals surface area (Å²) < 4.78 is 0. The van der Waals surface area contributed by atoms with Gasteiger partial charge < -0.3 is 4.90 Å². The number of Topliss-reactive ketones (excluding diaryl/α,β-unsaturated/α-hetero) is 1. The molecule has 0 unspecified atom stereocenters. The molecule has 5 rings (SSSR count). The lowest BCUT2D eigenvalue weighted by atomic mass is 9.90. The highest BCUT2D eigenvalue weighted by Gasteiger charge is 2.28. The fourth-order valence-electron chi connectivity index (χ4n) is 4.64. The zero-order valence-corrected chi connectivity index (χ0v) is 18.9. The van der Waals surface area contributed by atoms with Gasteiger partial charge in [0.15, 0.2) is 0 Å². The minimum absolute atomic E-state index is 0.000166. The number of carbonyl (C=O) groups excluding carboxylic acids is 2. The highest BCUT2D eigenvalue weighted by Crippen LogP contribution is 2.25. The third-order valence-electron chi connectivity index (χ3n) is 6.53. The van der Waals surface area contributed by atoms with Gasteiger partial charge in [-0.25, -0.2) is 4.98 Å². The van der Waals surface area contributed by atoms with E-state index in [0.717, 1.165) is 53.1 Å². The number of thiazole rings is 1. The third kappa shape index (κ3) is 4.71. The summed E-state index contributed by atoms with van der Waals surface area (Å²) in [6.45, 7) is 3.93. The third-order valence-corrected chi connectivity index (χ3v) is 7.33. The van der Waals surface area contributed by atoms with Gasteiger partial charge in [0.05, 0.1) is 28.1 Å². The second-order valence-electron chi connectivity index (χ2n) is 8.71. The van der Waals surface area contributed by atoms with Crippen LogP contribution in [0.1, 0.15) is 31.4 Å². The Labute approximate surface area is 191 Å². The van der Waals surface area contributed by atoms with E-state index in [9.17, 15) is 9.59 Å². The lowest BCUT2D eigenvalue weighted by molar-refractivity contribution is -0.135. The summed E-state index contributed by atoms with van der Waals surface area (Å²) in [4.78, 5) is 44.0. The molecule has 1 amide bonds. The molecule has 5 heterocycles. The van der Waals surface area contributed by atoms with Crippen LogP contribution < -0.4 is 0 Å². The van der Waals surface area contributed by atoms with Crippen LogP contribution in [0.3, 0.4) is 0 Å². The molecule has 3 aromatic heterocycles. The summed E-state index contributed by atoms with van der Waals surface area (Å²) in [5.41, 5.74) is 4.28. The molecule has 3 aromatic rings. The smallest absolute Gasteiger partial charge is 0.236 e. The van der Waals surface area contributed by atoms with Crippen LogP contribution in [0.2, 0.25) is 0 Å². The Kier molecular flexibility index (Phi) is 6.23. The molecule has 0 saturated carbocycles. The molecule has 0 atom stereocenters. The van der Waals surface area contributed by atoms with Gasteiger partial charge in [0.2, 0.25) is 5.91 Å². The van der Waals surface area contributed by atoms with E-state index in [4.69, 9.17) is 4.98 Å². The van der Waals surface area contributed by atoms with Crippen molar-refractivity contribution in [3.05, 3.63) is 41.8 Å². The maximum absolute atomic E-state index is 12.9. The lowest BCUT2D eigenvalue weighted by Gasteiger charge is -2.32. The molecule has 166 valence electrons. The average molecular weight is 450 g/mol. The molecule has 0 N–H and O–H groups in total. The van der Waals surface area contributed by atoms with Crippen molar-refractivity contribution in [1.29, 1.82) is 0 Å². The molecular weight excluding hydrogens is 422 g/mol. The number of rotatable bonds is 6. The molecule has 2 aliphatic heterocycles. The molecule has 7 nitrogen and oxygen atoms in total. The molecule has 0 aromatic carbocycles. The first kappa shape index (κ1) is 21.2. The van der Waals surface area contributed by atoms with Crippen molar-refractivity contribution >= 4 is 33.9 Å². The van der Waals surface area contributed by atoms with E-state index in [2.05, 4.69) is 14.9 Å². The van der Waals surface area contributed by atoms with Gasteiger partial charge >= 0.3 is 0 Å². The summed E-state index contributed by atoms with van der Waals surface area (Å²) in [7, 11) is 0. The highest BCUT2D eigenvalue weighted by atomic mass is 32.1. The zero-order valence-electron chi connectivity index (χ0n) is 18.1. The Bertz CT molecular complexity index is 1100. The van der Waals surface area contributed by atoms with Gasteiger partial charge in [-0.1, -0.05) is 0 Å². The van der Waals surface area contributed by atoms with Gasteiger partial charge in [0.1, 0.15) is 5.78 Å². The summed E-state index contributed by atoms with van der Waals surface area (Å²) in [5.74, 6) is 0.415. The fourth-order valence-corrected chi connectivity index (χ4v) is 5.23. The van der Waals surface area contributed by atoms with Gasteiger partial charge in [0.25, 0.3) is 0 Å². The predicted molar refractivity (Wildman–Crippen MR) is 124 cm³/mol. The van der Waals surface area contributed by atoms with Crippen molar-refractivity contribution in [2.24, 2.45) is 5.92 Å². The Morgan fingerprint density at radius 3 is 2.62 bits per heavy atom. The standard InChI is InChI=1S/C24H27N5O2S/c30-22(17-5-9-29(10-6-17)24(31)15-28-7-1-2-8-28)12-19-11-21-18(13-26-19)3-4-20(27-21)23-14-25-16-32-23/h3-4,11,13-14,16-17H,1-2,5-10,12,15H2. The largest absolute Gasteiger partial charge is 0.342 e. The molecule has 2 saturated heterocycles. The summed E-state index contributed by atoms with van der Waals surface area (Å²) in [6, 6.07) is 5.90.